The normalized spacial score (nSPS) is 29.7. The Morgan fingerprint density at radius 1 is 1.33 bits per heavy atom. The highest BCUT2D eigenvalue weighted by Gasteiger charge is 2.40. The number of nitrogens with one attached hydrogen (secondary N) is 1. The van der Waals surface area contributed by atoms with Crippen molar-refractivity contribution in [3.63, 3.8) is 0 Å². The molecule has 21 heavy (non-hydrogen) atoms. The standard InChI is InChI=1S/C16H23BrClN3/c1-10(2)21-8-11-4-3-5-12(9-21)15(11)20-14-6-13(17)7-19-16(14)18/h6-7,10-12,15,20H,3-5,8-9H2,1-2H3. The van der Waals surface area contributed by atoms with E-state index in [0.29, 0.717) is 17.2 Å². The molecular formula is C16H23BrClN3. The van der Waals surface area contributed by atoms with Crippen LogP contribution in [0.5, 0.6) is 0 Å². The van der Waals surface area contributed by atoms with Crippen molar-refractivity contribution in [2.45, 2.75) is 45.2 Å². The van der Waals surface area contributed by atoms with Gasteiger partial charge in [-0.15, -0.1) is 0 Å². The van der Waals surface area contributed by atoms with Crippen LogP contribution in [0, 0.1) is 11.8 Å². The summed E-state index contributed by atoms with van der Waals surface area (Å²) in [7, 11) is 0. The van der Waals surface area contributed by atoms with Crippen LogP contribution in [0.3, 0.4) is 0 Å². The first kappa shape index (κ1) is 15.6. The Kier molecular flexibility index (Phi) is 4.77. The average molecular weight is 373 g/mol. The van der Waals surface area contributed by atoms with Crippen LogP contribution >= 0.6 is 27.5 Å². The van der Waals surface area contributed by atoms with E-state index in [2.05, 4.69) is 45.0 Å². The van der Waals surface area contributed by atoms with Crippen LogP contribution in [0.25, 0.3) is 0 Å². The van der Waals surface area contributed by atoms with Crippen molar-refractivity contribution in [2.24, 2.45) is 11.8 Å². The minimum atomic E-state index is 0.530. The molecular weight excluding hydrogens is 350 g/mol. The first-order valence-corrected chi connectivity index (χ1v) is 9.03. The maximum Gasteiger partial charge on any atom is 0.152 e. The van der Waals surface area contributed by atoms with Crippen LogP contribution in [0.1, 0.15) is 33.1 Å². The lowest BCUT2D eigenvalue weighted by molar-refractivity contribution is 0.0518. The van der Waals surface area contributed by atoms with E-state index in [4.69, 9.17) is 11.6 Å². The van der Waals surface area contributed by atoms with Crippen molar-refractivity contribution >= 4 is 33.2 Å². The van der Waals surface area contributed by atoms with Gasteiger partial charge in [-0.25, -0.2) is 4.98 Å². The Labute approximate surface area is 140 Å². The molecule has 116 valence electrons. The highest BCUT2D eigenvalue weighted by Crippen LogP contribution is 2.38. The molecule has 0 radical (unpaired) electrons. The van der Waals surface area contributed by atoms with E-state index in [9.17, 15) is 0 Å². The number of fused-ring (bicyclic) bond motifs is 2. The summed E-state index contributed by atoms with van der Waals surface area (Å²) in [5.74, 6) is 1.44. The summed E-state index contributed by atoms with van der Waals surface area (Å²) in [6.07, 6.45) is 5.74. The van der Waals surface area contributed by atoms with Crippen molar-refractivity contribution in [3.05, 3.63) is 21.9 Å². The minimum absolute atomic E-state index is 0.530. The second-order valence-electron chi connectivity index (χ2n) is 6.66. The van der Waals surface area contributed by atoms with E-state index in [1.54, 1.807) is 6.20 Å². The molecule has 2 aliphatic rings. The van der Waals surface area contributed by atoms with Gasteiger partial charge < -0.3 is 10.2 Å². The Bertz CT molecular complexity index is 494. The Morgan fingerprint density at radius 2 is 2.00 bits per heavy atom. The first-order valence-electron chi connectivity index (χ1n) is 7.86. The summed E-state index contributed by atoms with van der Waals surface area (Å²) in [5.41, 5.74) is 0.964. The SMILES string of the molecule is CC(C)N1CC2CCCC(C1)C2Nc1cc(Br)cnc1Cl. The summed E-state index contributed by atoms with van der Waals surface area (Å²) in [5, 5.41) is 4.27. The third-order valence-corrected chi connectivity index (χ3v) is 5.70. The largest absolute Gasteiger partial charge is 0.379 e. The highest BCUT2D eigenvalue weighted by atomic mass is 79.9. The first-order chi connectivity index (χ1) is 10.0. The summed E-state index contributed by atoms with van der Waals surface area (Å²) >= 11 is 9.73. The number of halogens is 2. The molecule has 1 aliphatic heterocycles. The Balaban J connectivity index is 1.78. The van der Waals surface area contributed by atoms with Crippen molar-refractivity contribution in [1.82, 2.24) is 9.88 Å². The fourth-order valence-corrected chi connectivity index (χ4v) is 4.32. The van der Waals surface area contributed by atoms with Crippen molar-refractivity contribution in [2.75, 3.05) is 18.4 Å². The molecule has 1 saturated heterocycles. The van der Waals surface area contributed by atoms with Gasteiger partial charge in [0, 0.05) is 35.8 Å². The van der Waals surface area contributed by atoms with E-state index in [1.165, 1.54) is 32.4 Å². The predicted molar refractivity (Wildman–Crippen MR) is 91.9 cm³/mol. The fourth-order valence-electron chi connectivity index (χ4n) is 3.83. The van der Waals surface area contributed by atoms with Crippen LogP contribution in [-0.4, -0.2) is 35.1 Å². The number of hydrogen-bond donors (Lipinski definition) is 1. The predicted octanol–water partition coefficient (Wildman–Crippen LogP) is 4.42. The fraction of sp³-hybridized carbons (Fsp3) is 0.688. The molecule has 3 rings (SSSR count). The number of nitrogens with zero attached hydrogens (tertiary/aromatic N) is 2. The van der Waals surface area contributed by atoms with Gasteiger partial charge in [0.05, 0.1) is 5.69 Å². The minimum Gasteiger partial charge on any atom is -0.379 e. The lowest BCUT2D eigenvalue weighted by Crippen LogP contribution is -2.56. The topological polar surface area (TPSA) is 28.2 Å². The van der Waals surface area contributed by atoms with Gasteiger partial charge in [0.15, 0.2) is 5.15 Å². The molecule has 2 bridgehead atoms. The van der Waals surface area contributed by atoms with Crippen LogP contribution in [0.4, 0.5) is 5.69 Å². The summed E-state index contributed by atoms with van der Waals surface area (Å²) < 4.78 is 0.971. The van der Waals surface area contributed by atoms with Gasteiger partial charge in [-0.3, -0.25) is 0 Å². The lowest BCUT2D eigenvalue weighted by atomic mass is 9.73. The van der Waals surface area contributed by atoms with E-state index < -0.39 is 0 Å². The molecule has 2 heterocycles. The van der Waals surface area contributed by atoms with Crippen molar-refractivity contribution in [3.8, 4) is 0 Å². The molecule has 1 aromatic rings. The van der Waals surface area contributed by atoms with Crippen molar-refractivity contribution in [1.29, 1.82) is 0 Å². The van der Waals surface area contributed by atoms with Crippen LogP contribution in [0.2, 0.25) is 5.15 Å². The van der Waals surface area contributed by atoms with Crippen molar-refractivity contribution < 1.29 is 0 Å². The van der Waals surface area contributed by atoms with E-state index in [0.717, 1.165) is 22.0 Å². The number of anilines is 1. The van der Waals surface area contributed by atoms with Crippen LogP contribution in [0.15, 0.2) is 16.7 Å². The van der Waals surface area contributed by atoms with E-state index in [1.807, 2.05) is 6.07 Å². The summed E-state index contributed by atoms with van der Waals surface area (Å²) in [6.45, 7) is 7.01. The van der Waals surface area contributed by atoms with Crippen LogP contribution < -0.4 is 5.32 Å². The molecule has 3 nitrogen and oxygen atoms in total. The highest BCUT2D eigenvalue weighted by molar-refractivity contribution is 9.10. The number of pyridine rings is 1. The second-order valence-corrected chi connectivity index (χ2v) is 7.93. The summed E-state index contributed by atoms with van der Waals surface area (Å²) in [4.78, 5) is 6.86. The number of likely N-dealkylation sites (tertiary alicyclic amines) is 1. The molecule has 2 atom stereocenters. The second kappa shape index (κ2) is 6.43. The van der Waals surface area contributed by atoms with Gasteiger partial charge in [0.1, 0.15) is 0 Å². The Hall–Kier alpha value is -0.320. The maximum absolute atomic E-state index is 6.25. The number of rotatable bonds is 3. The monoisotopic (exact) mass is 371 g/mol. The molecule has 2 unspecified atom stereocenters. The molecule has 0 amide bonds. The molecule has 2 fully saturated rings. The zero-order valence-corrected chi connectivity index (χ0v) is 15.0. The lowest BCUT2D eigenvalue weighted by Gasteiger charge is -2.49. The number of aromatic nitrogens is 1. The molecule has 5 heteroatoms. The summed E-state index contributed by atoms with van der Waals surface area (Å²) in [6, 6.07) is 3.22. The molecule has 1 N–H and O–H groups in total. The van der Waals surface area contributed by atoms with E-state index in [-0.39, 0.29) is 0 Å². The quantitative estimate of drug-likeness (QED) is 0.796. The Morgan fingerprint density at radius 3 is 2.62 bits per heavy atom. The van der Waals surface area contributed by atoms with Gasteiger partial charge >= 0.3 is 0 Å². The van der Waals surface area contributed by atoms with Gasteiger partial charge in [-0.05, 0) is 60.5 Å². The van der Waals surface area contributed by atoms with Gasteiger partial charge in [0.2, 0.25) is 0 Å². The third kappa shape index (κ3) is 3.38. The average Bonchev–Trinajstić information content (AvgIpc) is 2.42. The van der Waals surface area contributed by atoms with Gasteiger partial charge in [-0.1, -0.05) is 18.0 Å². The third-order valence-electron chi connectivity index (χ3n) is 4.96. The molecule has 1 aromatic heterocycles. The van der Waals surface area contributed by atoms with Gasteiger partial charge in [0.25, 0.3) is 0 Å². The smallest absolute Gasteiger partial charge is 0.152 e. The maximum atomic E-state index is 6.25. The molecule has 1 saturated carbocycles. The zero-order chi connectivity index (χ0) is 15.0. The number of hydrogen-bond acceptors (Lipinski definition) is 3. The van der Waals surface area contributed by atoms with E-state index >= 15 is 0 Å². The van der Waals surface area contributed by atoms with Crippen LogP contribution in [-0.2, 0) is 0 Å². The van der Waals surface area contributed by atoms with Gasteiger partial charge in [-0.2, -0.15) is 0 Å². The zero-order valence-electron chi connectivity index (χ0n) is 12.6. The molecule has 0 aromatic carbocycles. The molecule has 0 spiro atoms. The molecule has 1 aliphatic carbocycles. The number of piperidine rings is 1.